The molecule has 0 amide bonds. The zero-order valence-electron chi connectivity index (χ0n) is 6.05. The summed E-state index contributed by atoms with van der Waals surface area (Å²) in [6, 6.07) is -1.09. The molecule has 5 nitrogen and oxygen atoms in total. The molecule has 0 aliphatic heterocycles. The Labute approximate surface area is 64.4 Å². The summed E-state index contributed by atoms with van der Waals surface area (Å²) in [4.78, 5) is 10.00. The molecule has 0 aromatic carbocycles. The van der Waals surface area contributed by atoms with Crippen molar-refractivity contribution in [1.82, 2.24) is 0 Å². The molecular weight excluding hydrogens is 150 g/mol. The number of carbonyl (C=O) groups excluding carboxylic acids is 1. The van der Waals surface area contributed by atoms with Crippen LogP contribution in [-0.2, 0) is 4.79 Å². The van der Waals surface area contributed by atoms with Crippen LogP contribution in [0.3, 0.4) is 0 Å². The van der Waals surface area contributed by atoms with Crippen molar-refractivity contribution in [2.24, 2.45) is 5.73 Å². The topological polar surface area (TPSA) is 104 Å². The first-order valence-corrected chi connectivity index (χ1v) is 3.31. The summed E-state index contributed by atoms with van der Waals surface area (Å²) >= 11 is 0. The fourth-order valence-electron chi connectivity index (χ4n) is 0.640. The third kappa shape index (κ3) is 3.43. The van der Waals surface area contributed by atoms with Crippen molar-refractivity contribution in [1.29, 1.82) is 0 Å². The van der Waals surface area contributed by atoms with E-state index in [0.29, 0.717) is 6.29 Å². The zero-order valence-corrected chi connectivity index (χ0v) is 6.05. The smallest absolute Gasteiger partial charge is 0.139 e. The number of rotatable bonds is 5. The first-order chi connectivity index (χ1) is 5.13. The molecule has 3 atom stereocenters. The number of carbonyl (C=O) groups is 1. The fourth-order valence-corrected chi connectivity index (χ4v) is 0.640. The molecule has 0 aromatic rings. The van der Waals surface area contributed by atoms with E-state index in [-0.39, 0.29) is 13.0 Å². The minimum Gasteiger partial charge on any atom is -0.396 e. The predicted molar refractivity (Wildman–Crippen MR) is 37.8 cm³/mol. The molecule has 0 saturated heterocycles. The minimum atomic E-state index is -1.29. The van der Waals surface area contributed by atoms with Gasteiger partial charge in [-0.2, -0.15) is 0 Å². The van der Waals surface area contributed by atoms with Crippen molar-refractivity contribution in [3.05, 3.63) is 0 Å². The SMILES string of the molecule is N[C@@H](C=O)[C@@H](O)[C@H](O)CCO. The van der Waals surface area contributed by atoms with E-state index in [4.69, 9.17) is 21.1 Å². The Morgan fingerprint density at radius 2 is 2.00 bits per heavy atom. The van der Waals surface area contributed by atoms with E-state index < -0.39 is 18.2 Å². The van der Waals surface area contributed by atoms with E-state index in [1.165, 1.54) is 0 Å². The van der Waals surface area contributed by atoms with Crippen molar-refractivity contribution in [3.8, 4) is 0 Å². The van der Waals surface area contributed by atoms with Crippen LogP contribution in [0.4, 0.5) is 0 Å². The van der Waals surface area contributed by atoms with Crippen molar-refractivity contribution in [2.45, 2.75) is 24.7 Å². The van der Waals surface area contributed by atoms with Crippen LogP contribution in [0.1, 0.15) is 6.42 Å². The standard InChI is InChI=1S/C6H13NO4/c7-4(3-9)6(11)5(10)1-2-8/h3-6,8,10-11H,1-2,7H2/t4-,5+,6+/m0/s1. The van der Waals surface area contributed by atoms with Gasteiger partial charge >= 0.3 is 0 Å². The molecule has 66 valence electrons. The van der Waals surface area contributed by atoms with Crippen molar-refractivity contribution >= 4 is 6.29 Å². The molecule has 11 heavy (non-hydrogen) atoms. The van der Waals surface area contributed by atoms with E-state index >= 15 is 0 Å². The van der Waals surface area contributed by atoms with Crippen LogP contribution in [0.5, 0.6) is 0 Å². The Bertz CT molecular complexity index is 119. The van der Waals surface area contributed by atoms with Gasteiger partial charge in [0.15, 0.2) is 0 Å². The van der Waals surface area contributed by atoms with Crippen LogP contribution in [0.15, 0.2) is 0 Å². The molecule has 5 heteroatoms. The number of aliphatic hydroxyl groups excluding tert-OH is 3. The quantitative estimate of drug-likeness (QED) is 0.339. The van der Waals surface area contributed by atoms with Crippen molar-refractivity contribution in [3.63, 3.8) is 0 Å². The predicted octanol–water partition coefficient (Wildman–Crippen LogP) is -2.38. The Morgan fingerprint density at radius 3 is 2.36 bits per heavy atom. The lowest BCUT2D eigenvalue weighted by Gasteiger charge is -2.18. The average molecular weight is 163 g/mol. The molecule has 5 N–H and O–H groups in total. The first kappa shape index (κ1) is 10.5. The average Bonchev–Trinajstić information content (AvgIpc) is 2.02. The molecular formula is C6H13NO4. The third-order valence-corrected chi connectivity index (χ3v) is 1.37. The molecule has 0 radical (unpaired) electrons. The molecule has 0 fully saturated rings. The first-order valence-electron chi connectivity index (χ1n) is 3.31. The van der Waals surface area contributed by atoms with E-state index in [9.17, 15) is 4.79 Å². The van der Waals surface area contributed by atoms with Gasteiger partial charge in [-0.25, -0.2) is 0 Å². The molecule has 0 bridgehead atoms. The summed E-state index contributed by atoms with van der Waals surface area (Å²) in [5.74, 6) is 0. The van der Waals surface area contributed by atoms with E-state index in [1.54, 1.807) is 0 Å². The van der Waals surface area contributed by atoms with Gasteiger partial charge in [0.05, 0.1) is 12.1 Å². The van der Waals surface area contributed by atoms with Crippen LogP contribution in [0, 0.1) is 0 Å². The maximum Gasteiger partial charge on any atom is 0.139 e. The Hall–Kier alpha value is -0.490. The second-order valence-corrected chi connectivity index (χ2v) is 2.28. The number of hydrogen-bond acceptors (Lipinski definition) is 5. The summed E-state index contributed by atoms with van der Waals surface area (Å²) in [6.45, 7) is -0.246. The minimum absolute atomic E-state index is 0.0166. The number of nitrogens with two attached hydrogens (primary N) is 1. The lowest BCUT2D eigenvalue weighted by atomic mass is 10.1. The molecule has 0 aromatic heterocycles. The van der Waals surface area contributed by atoms with Gasteiger partial charge in [0.1, 0.15) is 12.4 Å². The zero-order chi connectivity index (χ0) is 8.85. The summed E-state index contributed by atoms with van der Waals surface area (Å²) in [5, 5.41) is 26.3. The van der Waals surface area contributed by atoms with Gasteiger partial charge in [0.25, 0.3) is 0 Å². The lowest BCUT2D eigenvalue weighted by molar-refractivity contribution is -0.113. The summed E-state index contributed by atoms with van der Waals surface area (Å²) in [7, 11) is 0. The maximum absolute atomic E-state index is 10.00. The van der Waals surface area contributed by atoms with Crippen molar-refractivity contribution in [2.75, 3.05) is 6.61 Å². The van der Waals surface area contributed by atoms with Gasteiger partial charge in [0, 0.05) is 6.61 Å². The van der Waals surface area contributed by atoms with Crippen LogP contribution in [0.25, 0.3) is 0 Å². The molecule has 0 rings (SSSR count). The van der Waals surface area contributed by atoms with Gasteiger partial charge in [0.2, 0.25) is 0 Å². The van der Waals surface area contributed by atoms with Crippen LogP contribution in [0.2, 0.25) is 0 Å². The highest BCUT2D eigenvalue weighted by atomic mass is 16.3. The molecule has 0 saturated carbocycles. The molecule has 0 spiro atoms. The molecule has 0 heterocycles. The van der Waals surface area contributed by atoms with Gasteiger partial charge in [-0.15, -0.1) is 0 Å². The van der Waals surface area contributed by atoms with Gasteiger partial charge in [-0.1, -0.05) is 0 Å². The van der Waals surface area contributed by atoms with E-state index in [2.05, 4.69) is 0 Å². The van der Waals surface area contributed by atoms with Crippen LogP contribution < -0.4 is 5.73 Å². The lowest BCUT2D eigenvalue weighted by Crippen LogP contribution is -2.44. The Kier molecular flexibility index (Phi) is 4.97. The second-order valence-electron chi connectivity index (χ2n) is 2.28. The summed E-state index contributed by atoms with van der Waals surface area (Å²) in [5.41, 5.74) is 5.09. The monoisotopic (exact) mass is 163 g/mol. The van der Waals surface area contributed by atoms with Gasteiger partial charge < -0.3 is 25.8 Å². The summed E-state index contributed by atoms with van der Waals surface area (Å²) in [6.07, 6.45) is -2.06. The van der Waals surface area contributed by atoms with Crippen LogP contribution in [-0.4, -0.2) is 46.5 Å². The summed E-state index contributed by atoms with van der Waals surface area (Å²) < 4.78 is 0. The van der Waals surface area contributed by atoms with E-state index in [1.807, 2.05) is 0 Å². The molecule has 0 aliphatic rings. The van der Waals surface area contributed by atoms with Gasteiger partial charge in [-0.05, 0) is 6.42 Å². The Morgan fingerprint density at radius 1 is 1.45 bits per heavy atom. The van der Waals surface area contributed by atoms with Crippen LogP contribution >= 0.6 is 0 Å². The van der Waals surface area contributed by atoms with E-state index in [0.717, 1.165) is 0 Å². The van der Waals surface area contributed by atoms with Crippen molar-refractivity contribution < 1.29 is 20.1 Å². The third-order valence-electron chi connectivity index (χ3n) is 1.37. The Balaban J connectivity index is 3.79. The fraction of sp³-hybridized carbons (Fsp3) is 0.833. The highest BCUT2D eigenvalue weighted by Crippen LogP contribution is 2.00. The normalized spacial score (nSPS) is 18.9. The molecule has 0 aliphatic carbocycles. The molecule has 0 unspecified atom stereocenters. The largest absolute Gasteiger partial charge is 0.396 e. The highest BCUT2D eigenvalue weighted by Gasteiger charge is 2.21. The van der Waals surface area contributed by atoms with Gasteiger partial charge in [-0.3, -0.25) is 0 Å². The number of hydrogen-bond donors (Lipinski definition) is 4. The highest BCUT2D eigenvalue weighted by molar-refractivity contribution is 5.58. The second kappa shape index (κ2) is 5.20. The number of aldehydes is 1. The number of aliphatic hydroxyl groups is 3. The maximum atomic E-state index is 10.00.